The molecule has 1 fully saturated rings. The van der Waals surface area contributed by atoms with Crippen molar-refractivity contribution in [2.24, 2.45) is 0 Å². The predicted molar refractivity (Wildman–Crippen MR) is 75.7 cm³/mol. The Balaban J connectivity index is 1.93. The van der Waals surface area contributed by atoms with E-state index in [4.69, 9.17) is 0 Å². The number of nitrogens with one attached hydrogen (secondary N) is 2. The van der Waals surface area contributed by atoms with Gasteiger partial charge in [0.2, 0.25) is 0 Å². The van der Waals surface area contributed by atoms with Gasteiger partial charge in [-0.2, -0.15) is 11.8 Å². The minimum absolute atomic E-state index is 0.182. The molecule has 1 aromatic rings. The van der Waals surface area contributed by atoms with Crippen LogP contribution in [0, 0.1) is 0 Å². The zero-order valence-electron chi connectivity index (χ0n) is 11.2. The third-order valence-electron chi connectivity index (χ3n) is 3.35. The normalized spacial score (nSPS) is 19.6. The molecule has 1 unspecified atom stereocenters. The van der Waals surface area contributed by atoms with Crippen LogP contribution < -0.4 is 5.32 Å². The first kappa shape index (κ1) is 14.7. The Morgan fingerprint density at radius 3 is 3.05 bits per heavy atom. The van der Waals surface area contributed by atoms with Crippen molar-refractivity contribution in [2.75, 3.05) is 18.6 Å². The van der Waals surface area contributed by atoms with Crippen molar-refractivity contribution in [1.82, 2.24) is 20.2 Å². The number of carboxylic acid groups (broad SMARTS) is 1. The number of thioether (sulfide) groups is 1. The van der Waals surface area contributed by atoms with E-state index in [0.29, 0.717) is 5.69 Å². The molecule has 0 bridgehead atoms. The molecule has 0 aromatic carbocycles. The summed E-state index contributed by atoms with van der Waals surface area (Å²) in [6.45, 7) is 0. The number of hydrogen-bond donors (Lipinski definition) is 3. The van der Waals surface area contributed by atoms with Crippen molar-refractivity contribution in [3.8, 4) is 0 Å². The molecular formula is C12H18N4O3S. The van der Waals surface area contributed by atoms with Gasteiger partial charge in [-0.05, 0) is 12.2 Å². The molecule has 7 nitrogen and oxygen atoms in total. The van der Waals surface area contributed by atoms with Crippen molar-refractivity contribution < 1.29 is 14.7 Å². The summed E-state index contributed by atoms with van der Waals surface area (Å²) < 4.78 is 0. The molecule has 110 valence electrons. The fourth-order valence-corrected chi connectivity index (χ4v) is 3.33. The van der Waals surface area contributed by atoms with Crippen LogP contribution in [0.25, 0.3) is 0 Å². The maximum atomic E-state index is 12.1. The largest absolute Gasteiger partial charge is 0.480 e. The van der Waals surface area contributed by atoms with E-state index in [9.17, 15) is 14.7 Å². The van der Waals surface area contributed by atoms with Gasteiger partial charge in [-0.3, -0.25) is 0 Å². The highest BCUT2D eigenvalue weighted by molar-refractivity contribution is 7.99. The Kier molecular flexibility index (Phi) is 4.89. The van der Waals surface area contributed by atoms with Gasteiger partial charge in [-0.25, -0.2) is 14.6 Å². The van der Waals surface area contributed by atoms with E-state index in [2.05, 4.69) is 15.3 Å². The number of nitrogens with zero attached hydrogens (tertiary/aromatic N) is 2. The number of H-pyrrole nitrogens is 1. The number of aromatic amines is 1. The number of carboxylic acids is 1. The number of aliphatic carboxylic acids is 1. The average Bonchev–Trinajstić information content (AvgIpc) is 3.09. The molecule has 20 heavy (non-hydrogen) atoms. The SMILES string of the molecule is CN(C(=O)N[C@H](Cc1cnc[nH]1)C(=O)O)C1CCSC1. The predicted octanol–water partition coefficient (Wildman–Crippen LogP) is 0.552. The number of carbonyl (C=O) groups is 2. The highest BCUT2D eigenvalue weighted by Crippen LogP contribution is 2.21. The maximum Gasteiger partial charge on any atom is 0.326 e. The average molecular weight is 298 g/mol. The Labute approximate surface area is 121 Å². The number of hydrogen-bond acceptors (Lipinski definition) is 4. The smallest absolute Gasteiger partial charge is 0.326 e. The summed E-state index contributed by atoms with van der Waals surface area (Å²) in [7, 11) is 1.71. The zero-order valence-corrected chi connectivity index (χ0v) is 12.0. The fourth-order valence-electron chi connectivity index (χ4n) is 2.06. The Hall–Kier alpha value is -1.70. The number of imidazole rings is 1. The lowest BCUT2D eigenvalue weighted by molar-refractivity contribution is -0.139. The summed E-state index contributed by atoms with van der Waals surface area (Å²) in [5.41, 5.74) is 0.678. The second kappa shape index (κ2) is 6.65. The van der Waals surface area contributed by atoms with Gasteiger partial charge in [-0.15, -0.1) is 0 Å². The molecule has 0 aliphatic carbocycles. The van der Waals surface area contributed by atoms with Crippen LogP contribution in [0.5, 0.6) is 0 Å². The summed E-state index contributed by atoms with van der Waals surface area (Å²) in [6, 6.07) is -1.12. The van der Waals surface area contributed by atoms with Crippen molar-refractivity contribution in [3.05, 3.63) is 18.2 Å². The van der Waals surface area contributed by atoms with Crippen molar-refractivity contribution in [3.63, 3.8) is 0 Å². The molecule has 2 rings (SSSR count). The molecule has 0 spiro atoms. The van der Waals surface area contributed by atoms with Gasteiger partial charge in [-0.1, -0.05) is 0 Å². The number of aromatic nitrogens is 2. The first-order valence-corrected chi connectivity index (χ1v) is 7.54. The molecule has 8 heteroatoms. The molecule has 2 atom stereocenters. The van der Waals surface area contributed by atoms with E-state index in [-0.39, 0.29) is 18.5 Å². The highest BCUT2D eigenvalue weighted by Gasteiger charge is 2.27. The number of rotatable bonds is 5. The quantitative estimate of drug-likeness (QED) is 0.737. The lowest BCUT2D eigenvalue weighted by Gasteiger charge is -2.26. The van der Waals surface area contributed by atoms with Crippen LogP contribution in [0.1, 0.15) is 12.1 Å². The number of carbonyl (C=O) groups excluding carboxylic acids is 1. The number of urea groups is 1. The maximum absolute atomic E-state index is 12.1. The minimum atomic E-state index is -1.05. The molecule has 0 radical (unpaired) electrons. The Morgan fingerprint density at radius 2 is 2.50 bits per heavy atom. The van der Waals surface area contributed by atoms with Gasteiger partial charge in [0.05, 0.1) is 6.33 Å². The highest BCUT2D eigenvalue weighted by atomic mass is 32.2. The fraction of sp³-hybridized carbons (Fsp3) is 0.583. The van der Waals surface area contributed by atoms with Gasteiger partial charge < -0.3 is 20.3 Å². The van der Waals surface area contributed by atoms with E-state index in [1.54, 1.807) is 29.9 Å². The molecule has 1 saturated heterocycles. The molecule has 0 saturated carbocycles. The molecular weight excluding hydrogens is 280 g/mol. The van der Waals surface area contributed by atoms with Gasteiger partial charge in [0.25, 0.3) is 0 Å². The molecule has 2 amide bonds. The van der Waals surface area contributed by atoms with Crippen LogP contribution in [0.3, 0.4) is 0 Å². The van der Waals surface area contributed by atoms with Crippen molar-refractivity contribution in [1.29, 1.82) is 0 Å². The second-order valence-electron chi connectivity index (χ2n) is 4.75. The summed E-state index contributed by atoms with van der Waals surface area (Å²) in [5.74, 6) is 0.892. The minimum Gasteiger partial charge on any atom is -0.480 e. The zero-order chi connectivity index (χ0) is 14.5. The summed E-state index contributed by atoms with van der Waals surface area (Å²) in [4.78, 5) is 31.6. The van der Waals surface area contributed by atoms with Gasteiger partial charge in [0, 0.05) is 37.2 Å². The van der Waals surface area contributed by atoms with Crippen molar-refractivity contribution >= 4 is 23.8 Å². The molecule has 3 N–H and O–H groups in total. The molecule has 1 aromatic heterocycles. The monoisotopic (exact) mass is 298 g/mol. The summed E-state index contributed by atoms with van der Waals surface area (Å²) >= 11 is 1.81. The van der Waals surface area contributed by atoms with E-state index in [1.165, 1.54) is 6.33 Å². The first-order valence-electron chi connectivity index (χ1n) is 6.39. The van der Waals surface area contributed by atoms with Crippen LogP contribution in [0.2, 0.25) is 0 Å². The van der Waals surface area contributed by atoms with Crippen LogP contribution in [0.4, 0.5) is 4.79 Å². The van der Waals surface area contributed by atoms with E-state index < -0.39 is 12.0 Å². The van der Waals surface area contributed by atoms with Crippen LogP contribution in [-0.4, -0.2) is 62.6 Å². The molecule has 1 aliphatic rings. The Morgan fingerprint density at radius 1 is 1.70 bits per heavy atom. The van der Waals surface area contributed by atoms with E-state index >= 15 is 0 Å². The van der Waals surface area contributed by atoms with Gasteiger partial charge >= 0.3 is 12.0 Å². The van der Waals surface area contributed by atoms with E-state index in [0.717, 1.165) is 17.9 Å². The molecule has 2 heterocycles. The lowest BCUT2D eigenvalue weighted by Crippen LogP contribution is -2.50. The summed E-state index contributed by atoms with van der Waals surface area (Å²) in [5, 5.41) is 11.8. The first-order chi connectivity index (χ1) is 9.58. The topological polar surface area (TPSA) is 98.3 Å². The van der Waals surface area contributed by atoms with Crippen LogP contribution >= 0.6 is 11.8 Å². The van der Waals surface area contributed by atoms with Crippen LogP contribution in [0.15, 0.2) is 12.5 Å². The number of amides is 2. The van der Waals surface area contributed by atoms with E-state index in [1.807, 2.05) is 0 Å². The molecule has 1 aliphatic heterocycles. The second-order valence-corrected chi connectivity index (χ2v) is 5.90. The summed E-state index contributed by atoms with van der Waals surface area (Å²) in [6.07, 6.45) is 4.18. The lowest BCUT2D eigenvalue weighted by atomic mass is 10.1. The van der Waals surface area contributed by atoms with Gasteiger partial charge in [0.15, 0.2) is 0 Å². The van der Waals surface area contributed by atoms with Crippen LogP contribution in [-0.2, 0) is 11.2 Å². The third kappa shape index (κ3) is 3.66. The Bertz CT molecular complexity index is 459. The third-order valence-corrected chi connectivity index (χ3v) is 4.49. The standard InChI is InChI=1S/C12H18N4O3S/c1-16(9-2-3-20-6-9)12(19)15-10(11(17)18)4-8-5-13-7-14-8/h5,7,9-10H,2-4,6H2,1H3,(H,13,14)(H,15,19)(H,17,18)/t9?,10-/m1/s1. The van der Waals surface area contributed by atoms with Gasteiger partial charge in [0.1, 0.15) is 6.04 Å². The van der Waals surface area contributed by atoms with Crippen molar-refractivity contribution in [2.45, 2.75) is 24.9 Å².